The van der Waals surface area contributed by atoms with Crippen molar-refractivity contribution >= 4 is 17.5 Å². The third-order valence-electron chi connectivity index (χ3n) is 3.01. The highest BCUT2D eigenvalue weighted by Gasteiger charge is 2.59. The fourth-order valence-electron chi connectivity index (χ4n) is 2.08. The monoisotopic (exact) mass is 223 g/mol. The van der Waals surface area contributed by atoms with Crippen molar-refractivity contribution < 1.29 is 18.4 Å². The molecule has 1 heterocycles. The summed E-state index contributed by atoms with van der Waals surface area (Å²) in [6, 6.07) is 2.73. The molecule has 1 saturated carbocycles. The molecule has 1 aliphatic heterocycles. The van der Waals surface area contributed by atoms with Crippen LogP contribution >= 0.6 is 0 Å². The van der Waals surface area contributed by atoms with Crippen LogP contribution < -0.4 is 4.90 Å². The van der Waals surface area contributed by atoms with Gasteiger partial charge in [0.25, 0.3) is 0 Å². The second-order valence-electron chi connectivity index (χ2n) is 4.06. The molecule has 2 atom stereocenters. The van der Waals surface area contributed by atoms with E-state index in [9.17, 15) is 18.4 Å². The van der Waals surface area contributed by atoms with Crippen molar-refractivity contribution in [3.05, 3.63) is 29.8 Å². The van der Waals surface area contributed by atoms with E-state index in [1.165, 1.54) is 0 Å². The largest absolute Gasteiger partial charge is 0.274 e. The quantitative estimate of drug-likeness (QED) is 0.676. The number of carbonyl (C=O) groups is 2. The van der Waals surface area contributed by atoms with Crippen LogP contribution in [0.3, 0.4) is 0 Å². The normalized spacial score (nSPS) is 27.2. The lowest BCUT2D eigenvalue weighted by Crippen LogP contribution is -2.33. The average Bonchev–Trinajstić information content (AvgIpc) is 2.98. The molecule has 0 N–H and O–H groups in total. The zero-order valence-electron chi connectivity index (χ0n) is 8.11. The van der Waals surface area contributed by atoms with Crippen LogP contribution in [0.25, 0.3) is 0 Å². The highest BCUT2D eigenvalue weighted by atomic mass is 19.1. The lowest BCUT2D eigenvalue weighted by atomic mass is 10.2. The van der Waals surface area contributed by atoms with Gasteiger partial charge in [-0.05, 0) is 18.6 Å². The van der Waals surface area contributed by atoms with E-state index >= 15 is 0 Å². The number of rotatable bonds is 1. The smallest absolute Gasteiger partial charge is 0.237 e. The molecule has 2 amide bonds. The summed E-state index contributed by atoms with van der Waals surface area (Å²) in [4.78, 5) is 24.0. The summed E-state index contributed by atoms with van der Waals surface area (Å²) in [5, 5.41) is 0. The molecule has 82 valence electrons. The summed E-state index contributed by atoms with van der Waals surface area (Å²) < 4.78 is 26.3. The zero-order chi connectivity index (χ0) is 11.4. The van der Waals surface area contributed by atoms with E-state index in [2.05, 4.69) is 0 Å². The van der Waals surface area contributed by atoms with Crippen LogP contribution in [0.4, 0.5) is 14.5 Å². The molecular weight excluding hydrogens is 216 g/mol. The number of imide groups is 1. The molecule has 1 aromatic carbocycles. The Morgan fingerprint density at radius 1 is 1.12 bits per heavy atom. The van der Waals surface area contributed by atoms with Gasteiger partial charge in [0.05, 0.1) is 17.5 Å². The van der Waals surface area contributed by atoms with Crippen LogP contribution in [0.5, 0.6) is 0 Å². The minimum Gasteiger partial charge on any atom is -0.274 e. The van der Waals surface area contributed by atoms with Gasteiger partial charge in [-0.2, -0.15) is 0 Å². The van der Waals surface area contributed by atoms with Gasteiger partial charge in [0.2, 0.25) is 11.8 Å². The number of hydrogen-bond donors (Lipinski definition) is 0. The Hall–Kier alpha value is -1.78. The van der Waals surface area contributed by atoms with Gasteiger partial charge in [0.1, 0.15) is 11.6 Å². The number of nitrogens with zero attached hydrogens (tertiary/aromatic N) is 1. The lowest BCUT2D eigenvalue weighted by Gasteiger charge is -2.16. The molecule has 5 heteroatoms. The minimum absolute atomic E-state index is 0.276. The van der Waals surface area contributed by atoms with Crippen LogP contribution in [-0.2, 0) is 9.59 Å². The topological polar surface area (TPSA) is 37.4 Å². The zero-order valence-corrected chi connectivity index (χ0v) is 8.11. The first-order valence-corrected chi connectivity index (χ1v) is 4.92. The van der Waals surface area contributed by atoms with Gasteiger partial charge in [-0.1, -0.05) is 0 Å². The molecule has 0 spiro atoms. The number of hydrogen-bond acceptors (Lipinski definition) is 2. The van der Waals surface area contributed by atoms with E-state index < -0.39 is 23.4 Å². The Morgan fingerprint density at radius 3 is 2.38 bits per heavy atom. The van der Waals surface area contributed by atoms with Crippen molar-refractivity contribution in [2.24, 2.45) is 11.8 Å². The van der Waals surface area contributed by atoms with Crippen molar-refractivity contribution in [3.63, 3.8) is 0 Å². The second kappa shape index (κ2) is 2.87. The van der Waals surface area contributed by atoms with E-state index in [1.807, 2.05) is 0 Å². The Bertz CT molecular complexity index is 495. The van der Waals surface area contributed by atoms with Crippen LogP contribution in [0.1, 0.15) is 6.42 Å². The molecule has 0 radical (unpaired) electrons. The predicted octanol–water partition coefficient (Wildman–Crippen LogP) is 1.47. The molecule has 2 aliphatic rings. The maximum atomic E-state index is 13.4. The summed E-state index contributed by atoms with van der Waals surface area (Å²) in [6.07, 6.45) is 0.547. The third-order valence-corrected chi connectivity index (χ3v) is 3.01. The van der Waals surface area contributed by atoms with E-state index in [4.69, 9.17) is 0 Å². The second-order valence-corrected chi connectivity index (χ2v) is 4.06. The van der Waals surface area contributed by atoms with E-state index in [1.54, 1.807) is 0 Å². The minimum atomic E-state index is -0.760. The maximum Gasteiger partial charge on any atom is 0.237 e. The maximum absolute atomic E-state index is 13.4. The predicted molar refractivity (Wildman–Crippen MR) is 50.4 cm³/mol. The average molecular weight is 223 g/mol. The molecule has 2 fully saturated rings. The Labute approximate surface area is 89.7 Å². The summed E-state index contributed by atoms with van der Waals surface area (Å²) >= 11 is 0. The van der Waals surface area contributed by atoms with Crippen LogP contribution in [0, 0.1) is 23.5 Å². The van der Waals surface area contributed by atoms with Crippen molar-refractivity contribution in [1.82, 2.24) is 0 Å². The third kappa shape index (κ3) is 1.11. The number of anilines is 1. The van der Waals surface area contributed by atoms with Gasteiger partial charge in [0, 0.05) is 6.07 Å². The molecular formula is C11H7F2NO2. The molecule has 1 aromatic rings. The fraction of sp³-hybridized carbons (Fsp3) is 0.273. The summed E-state index contributed by atoms with van der Waals surface area (Å²) in [5.74, 6) is -2.88. The number of carbonyl (C=O) groups excluding carboxylic acids is 2. The van der Waals surface area contributed by atoms with E-state index in [0.717, 1.165) is 23.1 Å². The summed E-state index contributed by atoms with van der Waals surface area (Å²) in [6.45, 7) is 0. The van der Waals surface area contributed by atoms with Gasteiger partial charge in [-0.15, -0.1) is 0 Å². The van der Waals surface area contributed by atoms with Gasteiger partial charge >= 0.3 is 0 Å². The fourth-order valence-corrected chi connectivity index (χ4v) is 2.08. The van der Waals surface area contributed by atoms with Gasteiger partial charge in [-0.3, -0.25) is 9.59 Å². The van der Waals surface area contributed by atoms with Crippen molar-refractivity contribution in [1.29, 1.82) is 0 Å². The molecule has 1 aliphatic carbocycles. The Balaban J connectivity index is 2.07. The number of halogens is 2. The molecule has 16 heavy (non-hydrogen) atoms. The van der Waals surface area contributed by atoms with Crippen molar-refractivity contribution in [2.45, 2.75) is 6.42 Å². The number of fused-ring (bicyclic) bond motifs is 1. The van der Waals surface area contributed by atoms with E-state index in [-0.39, 0.29) is 17.5 Å². The van der Waals surface area contributed by atoms with Crippen molar-refractivity contribution in [3.8, 4) is 0 Å². The highest BCUT2D eigenvalue weighted by Crippen LogP contribution is 2.48. The molecule has 0 bridgehead atoms. The molecule has 0 aromatic heterocycles. The first-order valence-electron chi connectivity index (χ1n) is 4.92. The van der Waals surface area contributed by atoms with Crippen LogP contribution in [-0.4, -0.2) is 11.8 Å². The number of benzene rings is 1. The Morgan fingerprint density at radius 2 is 1.75 bits per heavy atom. The lowest BCUT2D eigenvalue weighted by molar-refractivity contribution is -0.123. The van der Waals surface area contributed by atoms with Gasteiger partial charge < -0.3 is 0 Å². The highest BCUT2D eigenvalue weighted by molar-refractivity contribution is 6.24. The first-order chi connectivity index (χ1) is 7.59. The summed E-state index contributed by atoms with van der Waals surface area (Å²) in [7, 11) is 0. The molecule has 1 saturated heterocycles. The van der Waals surface area contributed by atoms with E-state index in [0.29, 0.717) is 6.42 Å². The first kappa shape index (κ1) is 9.45. The molecule has 0 unspecified atom stereocenters. The Kier molecular flexibility index (Phi) is 1.70. The summed E-state index contributed by atoms with van der Waals surface area (Å²) in [5.41, 5.74) is -0.276. The molecule has 3 rings (SSSR count). The SMILES string of the molecule is O=C1[C@@H]2C[C@H]2C(=O)N1c1cc(F)ccc1F. The standard InChI is InChI=1S/C11H7F2NO2/c12-5-1-2-8(13)9(3-5)14-10(15)6-4-7(6)11(14)16/h1-3,6-7H,4H2/t6-,7-/m1/s1. The van der Waals surface area contributed by atoms with Crippen LogP contribution in [0.15, 0.2) is 18.2 Å². The number of piperidine rings is 1. The van der Waals surface area contributed by atoms with Crippen LogP contribution in [0.2, 0.25) is 0 Å². The van der Waals surface area contributed by atoms with Gasteiger partial charge in [-0.25, -0.2) is 13.7 Å². The van der Waals surface area contributed by atoms with Gasteiger partial charge in [0.15, 0.2) is 0 Å². The molecule has 3 nitrogen and oxygen atoms in total. The van der Waals surface area contributed by atoms with Crippen molar-refractivity contribution in [2.75, 3.05) is 4.90 Å². The number of amides is 2.